The lowest BCUT2D eigenvalue weighted by Crippen LogP contribution is -2.29. The van der Waals surface area contributed by atoms with Crippen molar-refractivity contribution in [1.29, 1.82) is 0 Å². The largest absolute Gasteiger partial charge is 0.491 e. The van der Waals surface area contributed by atoms with Crippen molar-refractivity contribution in [3.63, 3.8) is 0 Å². The van der Waals surface area contributed by atoms with E-state index in [9.17, 15) is 0 Å². The molecule has 178 valence electrons. The average Bonchev–Trinajstić information content (AvgIpc) is 3.20. The maximum atomic E-state index is 6.19. The number of benzene rings is 2. The molecule has 6 heteroatoms. The van der Waals surface area contributed by atoms with Gasteiger partial charge in [0.25, 0.3) is 0 Å². The normalized spacial score (nSPS) is 16.2. The van der Waals surface area contributed by atoms with Crippen LogP contribution < -0.4 is 14.8 Å². The van der Waals surface area contributed by atoms with Gasteiger partial charge in [-0.1, -0.05) is 37.4 Å². The standard InChI is InChI=1S/C27H36ClN3O2/c1-2-17-31-24-10-6-11-25(32-18-5-3-4-8-21-9-7-16-29-19-21)27(24)30-26(31)20-33-23-14-12-22(28)13-15-23/h6,10-15,21,29H,2-5,7-9,16-20H2,1H3. The minimum Gasteiger partial charge on any atom is -0.491 e. The number of aromatic nitrogens is 2. The van der Waals surface area contributed by atoms with Crippen molar-refractivity contribution in [2.24, 2.45) is 5.92 Å². The molecule has 1 aromatic heterocycles. The number of ether oxygens (including phenoxy) is 2. The van der Waals surface area contributed by atoms with Gasteiger partial charge in [0.15, 0.2) is 0 Å². The van der Waals surface area contributed by atoms with Crippen LogP contribution in [0.5, 0.6) is 11.5 Å². The third-order valence-corrected chi connectivity index (χ3v) is 6.61. The van der Waals surface area contributed by atoms with Crippen molar-refractivity contribution in [1.82, 2.24) is 14.9 Å². The highest BCUT2D eigenvalue weighted by atomic mass is 35.5. The molecule has 0 amide bonds. The Hall–Kier alpha value is -2.24. The fraction of sp³-hybridized carbons (Fsp3) is 0.519. The van der Waals surface area contributed by atoms with Crippen LogP contribution in [-0.4, -0.2) is 29.2 Å². The van der Waals surface area contributed by atoms with Crippen molar-refractivity contribution in [2.75, 3.05) is 19.7 Å². The number of unbranched alkanes of at least 4 members (excludes halogenated alkanes) is 2. The average molecular weight is 470 g/mol. The quantitative estimate of drug-likeness (QED) is 0.303. The molecule has 33 heavy (non-hydrogen) atoms. The predicted octanol–water partition coefficient (Wildman–Crippen LogP) is 6.62. The Morgan fingerprint density at radius 1 is 1.09 bits per heavy atom. The molecule has 1 fully saturated rings. The fourth-order valence-corrected chi connectivity index (χ4v) is 4.74. The van der Waals surface area contributed by atoms with Crippen molar-refractivity contribution in [3.05, 3.63) is 53.3 Å². The summed E-state index contributed by atoms with van der Waals surface area (Å²) in [6.07, 6.45) is 8.67. The number of piperidine rings is 1. The minimum atomic E-state index is 0.409. The third kappa shape index (κ3) is 6.64. The van der Waals surface area contributed by atoms with Gasteiger partial charge in [-0.15, -0.1) is 0 Å². The van der Waals surface area contributed by atoms with Crippen LogP contribution in [0.15, 0.2) is 42.5 Å². The number of hydrogen-bond acceptors (Lipinski definition) is 4. The summed E-state index contributed by atoms with van der Waals surface area (Å²) < 4.78 is 14.4. The van der Waals surface area contributed by atoms with Crippen LogP contribution in [0, 0.1) is 5.92 Å². The molecular formula is C27H36ClN3O2. The summed E-state index contributed by atoms with van der Waals surface area (Å²) in [4.78, 5) is 4.92. The predicted molar refractivity (Wildman–Crippen MR) is 135 cm³/mol. The summed E-state index contributed by atoms with van der Waals surface area (Å²) in [5, 5.41) is 4.22. The summed E-state index contributed by atoms with van der Waals surface area (Å²) in [5.41, 5.74) is 2.03. The number of fused-ring (bicyclic) bond motifs is 1. The molecule has 1 aliphatic heterocycles. The lowest BCUT2D eigenvalue weighted by Gasteiger charge is -2.22. The van der Waals surface area contributed by atoms with Gasteiger partial charge in [-0.25, -0.2) is 4.98 Å². The molecule has 5 nitrogen and oxygen atoms in total. The Morgan fingerprint density at radius 2 is 1.97 bits per heavy atom. The van der Waals surface area contributed by atoms with E-state index in [-0.39, 0.29) is 0 Å². The summed E-state index contributed by atoms with van der Waals surface area (Å²) in [6.45, 7) is 6.61. The van der Waals surface area contributed by atoms with Crippen LogP contribution in [0.3, 0.4) is 0 Å². The molecule has 0 spiro atoms. The number of imidazole rings is 1. The molecule has 2 heterocycles. The second kappa shape index (κ2) is 12.3. The van der Waals surface area contributed by atoms with Crippen LogP contribution in [-0.2, 0) is 13.2 Å². The van der Waals surface area contributed by atoms with Crippen LogP contribution in [0.2, 0.25) is 5.02 Å². The zero-order chi connectivity index (χ0) is 22.9. The Labute approximate surface area is 202 Å². The van der Waals surface area contributed by atoms with Gasteiger partial charge in [0.1, 0.15) is 29.4 Å². The number of halogens is 1. The number of nitrogens with one attached hydrogen (secondary N) is 1. The summed E-state index contributed by atoms with van der Waals surface area (Å²) >= 11 is 5.98. The van der Waals surface area contributed by atoms with E-state index in [1.54, 1.807) is 0 Å². The summed E-state index contributed by atoms with van der Waals surface area (Å²) in [7, 11) is 0. The highest BCUT2D eigenvalue weighted by Gasteiger charge is 2.15. The molecule has 1 saturated heterocycles. The number of aryl methyl sites for hydroxylation is 1. The SMILES string of the molecule is CCCn1c(COc2ccc(Cl)cc2)nc2c(OCCCCCC3CCCNC3)cccc21. The molecule has 0 radical (unpaired) electrons. The first-order valence-electron chi connectivity index (χ1n) is 12.4. The Morgan fingerprint density at radius 3 is 2.76 bits per heavy atom. The lowest BCUT2D eigenvalue weighted by atomic mass is 9.94. The molecule has 0 bridgehead atoms. The van der Waals surface area contributed by atoms with E-state index in [0.29, 0.717) is 11.6 Å². The molecule has 3 aromatic rings. The molecule has 4 rings (SSSR count). The topological polar surface area (TPSA) is 48.3 Å². The smallest absolute Gasteiger partial charge is 0.148 e. The van der Waals surface area contributed by atoms with Crippen LogP contribution in [0.4, 0.5) is 0 Å². The van der Waals surface area contributed by atoms with Gasteiger partial charge in [-0.05, 0) is 87.5 Å². The molecule has 0 aliphatic carbocycles. The van der Waals surface area contributed by atoms with E-state index >= 15 is 0 Å². The molecule has 2 aromatic carbocycles. The first-order chi connectivity index (χ1) is 16.2. The van der Waals surface area contributed by atoms with E-state index in [4.69, 9.17) is 26.1 Å². The number of hydrogen-bond donors (Lipinski definition) is 1. The van der Waals surface area contributed by atoms with Gasteiger partial charge in [0.2, 0.25) is 0 Å². The number of nitrogens with zero attached hydrogens (tertiary/aromatic N) is 2. The van der Waals surface area contributed by atoms with Gasteiger partial charge in [0, 0.05) is 11.6 Å². The highest BCUT2D eigenvalue weighted by molar-refractivity contribution is 6.30. The molecule has 0 saturated carbocycles. The minimum absolute atomic E-state index is 0.409. The van der Waals surface area contributed by atoms with Crippen LogP contribution in [0.25, 0.3) is 11.0 Å². The van der Waals surface area contributed by atoms with Gasteiger partial charge < -0.3 is 19.4 Å². The second-order valence-corrected chi connectivity index (χ2v) is 9.39. The Balaban J connectivity index is 1.34. The first-order valence-corrected chi connectivity index (χ1v) is 12.8. The monoisotopic (exact) mass is 469 g/mol. The van der Waals surface area contributed by atoms with E-state index in [1.165, 1.54) is 45.2 Å². The fourth-order valence-electron chi connectivity index (χ4n) is 4.61. The van der Waals surface area contributed by atoms with Crippen molar-refractivity contribution in [2.45, 2.75) is 65.0 Å². The third-order valence-electron chi connectivity index (χ3n) is 6.36. The zero-order valence-corrected chi connectivity index (χ0v) is 20.4. The van der Waals surface area contributed by atoms with Crippen molar-refractivity contribution in [3.8, 4) is 11.5 Å². The van der Waals surface area contributed by atoms with Gasteiger partial charge >= 0.3 is 0 Å². The highest BCUT2D eigenvalue weighted by Crippen LogP contribution is 2.28. The van der Waals surface area contributed by atoms with Gasteiger partial charge in [0.05, 0.1) is 12.1 Å². The van der Waals surface area contributed by atoms with Gasteiger partial charge in [-0.3, -0.25) is 0 Å². The maximum absolute atomic E-state index is 6.19. The van der Waals surface area contributed by atoms with E-state index in [2.05, 4.69) is 28.9 Å². The molecule has 1 aliphatic rings. The summed E-state index contributed by atoms with van der Waals surface area (Å²) in [6, 6.07) is 13.7. The molecule has 1 atom stereocenters. The van der Waals surface area contributed by atoms with E-state index < -0.39 is 0 Å². The zero-order valence-electron chi connectivity index (χ0n) is 19.7. The Bertz CT molecular complexity index is 997. The molecule has 1 unspecified atom stereocenters. The Kier molecular flexibility index (Phi) is 8.90. The van der Waals surface area contributed by atoms with E-state index in [1.807, 2.05) is 30.3 Å². The van der Waals surface area contributed by atoms with E-state index in [0.717, 1.165) is 60.3 Å². The van der Waals surface area contributed by atoms with Gasteiger partial charge in [-0.2, -0.15) is 0 Å². The van der Waals surface area contributed by atoms with Crippen molar-refractivity contribution < 1.29 is 9.47 Å². The van der Waals surface area contributed by atoms with Crippen molar-refractivity contribution >= 4 is 22.6 Å². The summed E-state index contributed by atoms with van der Waals surface area (Å²) in [5.74, 6) is 3.44. The lowest BCUT2D eigenvalue weighted by molar-refractivity contribution is 0.289. The maximum Gasteiger partial charge on any atom is 0.148 e. The van der Waals surface area contributed by atoms with Crippen LogP contribution >= 0.6 is 11.6 Å². The number of para-hydroxylation sites is 1. The molecular weight excluding hydrogens is 434 g/mol. The number of rotatable bonds is 12. The van der Waals surface area contributed by atoms with Crippen LogP contribution in [0.1, 0.15) is 57.7 Å². The molecule has 1 N–H and O–H groups in total. The second-order valence-electron chi connectivity index (χ2n) is 8.96. The first kappa shape index (κ1) is 23.9.